The Hall–Kier alpha value is -1.24. The summed E-state index contributed by atoms with van der Waals surface area (Å²) >= 11 is 0. The molecule has 1 radical (unpaired) electrons. The zero-order valence-electron chi connectivity index (χ0n) is 11.6. The first kappa shape index (κ1) is 13.8. The Bertz CT molecular complexity index is 385. The molecule has 1 nitrogen and oxygen atoms in total. The second kappa shape index (κ2) is 5.39. The molecule has 0 fully saturated rings. The SMILES string of the molecule is C=C[C](C)c1cc(OCC)cc(C(C)(C)C)c1. The van der Waals surface area contributed by atoms with Crippen molar-refractivity contribution in [2.75, 3.05) is 6.61 Å². The van der Waals surface area contributed by atoms with Crippen LogP contribution < -0.4 is 4.74 Å². The largest absolute Gasteiger partial charge is 0.494 e. The number of hydrogen-bond donors (Lipinski definition) is 0. The molecule has 0 aromatic heterocycles. The van der Waals surface area contributed by atoms with Crippen molar-refractivity contribution >= 4 is 0 Å². The first-order valence-corrected chi connectivity index (χ1v) is 6.13. The molecular formula is C16H23O. The monoisotopic (exact) mass is 231 g/mol. The molecular weight excluding hydrogens is 208 g/mol. The van der Waals surface area contributed by atoms with Crippen LogP contribution in [0.5, 0.6) is 5.75 Å². The topological polar surface area (TPSA) is 9.23 Å². The third-order valence-corrected chi connectivity index (χ3v) is 2.85. The number of rotatable bonds is 4. The average molecular weight is 231 g/mol. The predicted octanol–water partition coefficient (Wildman–Crippen LogP) is 4.51. The Morgan fingerprint density at radius 2 is 1.94 bits per heavy atom. The van der Waals surface area contributed by atoms with Crippen LogP contribution in [0.2, 0.25) is 0 Å². The Morgan fingerprint density at radius 3 is 2.41 bits per heavy atom. The van der Waals surface area contributed by atoms with Crippen LogP contribution in [0, 0.1) is 5.92 Å². The minimum absolute atomic E-state index is 0.128. The quantitative estimate of drug-likeness (QED) is 0.740. The maximum absolute atomic E-state index is 5.63. The highest BCUT2D eigenvalue weighted by atomic mass is 16.5. The van der Waals surface area contributed by atoms with Crippen LogP contribution in [-0.2, 0) is 5.41 Å². The van der Waals surface area contributed by atoms with E-state index in [1.807, 2.05) is 13.0 Å². The molecule has 0 N–H and O–H groups in total. The lowest BCUT2D eigenvalue weighted by molar-refractivity contribution is 0.339. The van der Waals surface area contributed by atoms with Gasteiger partial charge >= 0.3 is 0 Å². The molecule has 1 aromatic rings. The summed E-state index contributed by atoms with van der Waals surface area (Å²) in [6.07, 6.45) is 1.89. The molecule has 0 bridgehead atoms. The molecule has 0 aliphatic carbocycles. The summed E-state index contributed by atoms with van der Waals surface area (Å²) in [5, 5.41) is 0. The highest BCUT2D eigenvalue weighted by Gasteiger charge is 2.17. The van der Waals surface area contributed by atoms with Gasteiger partial charge in [0.2, 0.25) is 0 Å². The lowest BCUT2D eigenvalue weighted by Gasteiger charge is -2.22. The van der Waals surface area contributed by atoms with Crippen molar-refractivity contribution in [3.63, 3.8) is 0 Å². The van der Waals surface area contributed by atoms with E-state index in [1.165, 1.54) is 17.0 Å². The van der Waals surface area contributed by atoms with E-state index in [-0.39, 0.29) is 5.41 Å². The molecule has 1 heteroatoms. The van der Waals surface area contributed by atoms with Crippen molar-refractivity contribution in [3.8, 4) is 5.75 Å². The maximum atomic E-state index is 5.63. The van der Waals surface area contributed by atoms with E-state index in [1.54, 1.807) is 0 Å². The minimum atomic E-state index is 0.128. The lowest BCUT2D eigenvalue weighted by Crippen LogP contribution is -2.12. The van der Waals surface area contributed by atoms with E-state index >= 15 is 0 Å². The highest BCUT2D eigenvalue weighted by Crippen LogP contribution is 2.30. The van der Waals surface area contributed by atoms with E-state index in [0.29, 0.717) is 6.61 Å². The van der Waals surface area contributed by atoms with Gasteiger partial charge < -0.3 is 4.74 Å². The van der Waals surface area contributed by atoms with Gasteiger partial charge in [-0.25, -0.2) is 0 Å². The second-order valence-corrected chi connectivity index (χ2v) is 5.32. The van der Waals surface area contributed by atoms with Gasteiger partial charge in [0.1, 0.15) is 5.75 Å². The molecule has 0 amide bonds. The van der Waals surface area contributed by atoms with Crippen molar-refractivity contribution in [1.29, 1.82) is 0 Å². The molecule has 0 saturated heterocycles. The number of allylic oxidation sites excluding steroid dienone is 1. The molecule has 0 aliphatic rings. The predicted molar refractivity (Wildman–Crippen MR) is 74.5 cm³/mol. The summed E-state index contributed by atoms with van der Waals surface area (Å²) in [6, 6.07) is 6.43. The van der Waals surface area contributed by atoms with Gasteiger partial charge in [0.05, 0.1) is 6.61 Å². The van der Waals surface area contributed by atoms with Gasteiger partial charge in [-0.05, 0) is 35.6 Å². The Balaban J connectivity index is 3.23. The van der Waals surface area contributed by atoms with Gasteiger partial charge in [-0.2, -0.15) is 0 Å². The molecule has 0 saturated carbocycles. The summed E-state index contributed by atoms with van der Waals surface area (Å²) in [6.45, 7) is 15.2. The van der Waals surface area contributed by atoms with Crippen LogP contribution in [0.15, 0.2) is 30.9 Å². The fourth-order valence-corrected chi connectivity index (χ4v) is 1.63. The molecule has 0 atom stereocenters. The molecule has 0 spiro atoms. The second-order valence-electron chi connectivity index (χ2n) is 5.32. The maximum Gasteiger partial charge on any atom is 0.119 e. The zero-order chi connectivity index (χ0) is 13.1. The van der Waals surface area contributed by atoms with Crippen molar-refractivity contribution in [1.82, 2.24) is 0 Å². The van der Waals surface area contributed by atoms with E-state index in [4.69, 9.17) is 4.74 Å². The van der Waals surface area contributed by atoms with E-state index in [9.17, 15) is 0 Å². The van der Waals surface area contributed by atoms with Crippen LogP contribution in [-0.4, -0.2) is 6.61 Å². The molecule has 0 aliphatic heterocycles. The summed E-state index contributed by atoms with van der Waals surface area (Å²) in [7, 11) is 0. The zero-order valence-corrected chi connectivity index (χ0v) is 11.6. The lowest BCUT2D eigenvalue weighted by atomic mass is 9.84. The summed E-state index contributed by atoms with van der Waals surface area (Å²) in [5.41, 5.74) is 2.61. The van der Waals surface area contributed by atoms with Crippen LogP contribution in [0.1, 0.15) is 45.7 Å². The van der Waals surface area contributed by atoms with Crippen molar-refractivity contribution in [2.24, 2.45) is 0 Å². The standard InChI is InChI=1S/C16H23O/c1-7-12(3)13-9-14(16(4,5)6)11-15(10-13)17-8-2/h7,9-11H,1,8H2,2-6H3. The van der Waals surface area contributed by atoms with Gasteiger partial charge in [-0.15, -0.1) is 6.58 Å². The first-order chi connectivity index (χ1) is 7.88. The van der Waals surface area contributed by atoms with E-state index in [2.05, 4.69) is 52.5 Å². The molecule has 0 heterocycles. The van der Waals surface area contributed by atoms with Gasteiger partial charge in [0, 0.05) is 5.92 Å². The number of hydrogen-bond acceptors (Lipinski definition) is 1. The third-order valence-electron chi connectivity index (χ3n) is 2.85. The summed E-state index contributed by atoms with van der Waals surface area (Å²) < 4.78 is 5.63. The van der Waals surface area contributed by atoms with Gasteiger partial charge in [-0.1, -0.05) is 39.8 Å². The molecule has 1 aromatic carbocycles. The average Bonchev–Trinajstić information content (AvgIpc) is 2.27. The summed E-state index contributed by atoms with van der Waals surface area (Å²) in [4.78, 5) is 0. The third kappa shape index (κ3) is 3.62. The van der Waals surface area contributed by atoms with Crippen LogP contribution in [0.25, 0.3) is 0 Å². The highest BCUT2D eigenvalue weighted by molar-refractivity contribution is 5.45. The first-order valence-electron chi connectivity index (χ1n) is 6.13. The normalized spacial score (nSPS) is 11.6. The minimum Gasteiger partial charge on any atom is -0.494 e. The smallest absolute Gasteiger partial charge is 0.119 e. The molecule has 1 rings (SSSR count). The Kier molecular flexibility index (Phi) is 4.39. The van der Waals surface area contributed by atoms with Gasteiger partial charge in [0.25, 0.3) is 0 Å². The molecule has 0 unspecified atom stereocenters. The number of ether oxygens (including phenoxy) is 1. The van der Waals surface area contributed by atoms with E-state index in [0.717, 1.165) is 5.75 Å². The van der Waals surface area contributed by atoms with Crippen LogP contribution in [0.4, 0.5) is 0 Å². The van der Waals surface area contributed by atoms with Gasteiger partial charge in [0.15, 0.2) is 0 Å². The van der Waals surface area contributed by atoms with Gasteiger partial charge in [-0.3, -0.25) is 0 Å². The van der Waals surface area contributed by atoms with Crippen LogP contribution in [0.3, 0.4) is 0 Å². The fourth-order valence-electron chi connectivity index (χ4n) is 1.63. The van der Waals surface area contributed by atoms with Crippen molar-refractivity contribution < 1.29 is 4.74 Å². The van der Waals surface area contributed by atoms with E-state index < -0.39 is 0 Å². The van der Waals surface area contributed by atoms with Crippen LogP contribution >= 0.6 is 0 Å². The molecule has 93 valence electrons. The van der Waals surface area contributed by atoms with Crippen molar-refractivity contribution in [2.45, 2.75) is 40.0 Å². The fraction of sp³-hybridized carbons (Fsp3) is 0.438. The molecule has 17 heavy (non-hydrogen) atoms. The summed E-state index contributed by atoms with van der Waals surface area (Å²) in [5.74, 6) is 2.12. The Labute approximate surface area is 106 Å². The van der Waals surface area contributed by atoms with Crippen molar-refractivity contribution in [3.05, 3.63) is 47.9 Å². The number of benzene rings is 1. The Morgan fingerprint density at radius 1 is 1.29 bits per heavy atom.